The Kier molecular flexibility index (Phi) is 27.1. The third-order valence-electron chi connectivity index (χ3n) is 4.65. The van der Waals surface area contributed by atoms with E-state index < -0.39 is 0 Å². The summed E-state index contributed by atoms with van der Waals surface area (Å²) in [5.41, 5.74) is 1.00. The van der Waals surface area contributed by atoms with Gasteiger partial charge >= 0.3 is 0 Å². The lowest BCUT2D eigenvalue weighted by Gasteiger charge is -2.05. The lowest BCUT2D eigenvalue weighted by atomic mass is 10.0. The van der Waals surface area contributed by atoms with Crippen molar-refractivity contribution in [3.63, 3.8) is 0 Å². The molecule has 6 aromatic rings. The van der Waals surface area contributed by atoms with Crippen molar-refractivity contribution >= 4 is 21.5 Å². The van der Waals surface area contributed by atoms with Crippen LogP contribution in [-0.2, 0) is 0 Å². The standard InChI is InChI=1S/2C10H8.2C6H6.2C5H12.2C2H6/c2*1-2-6-10-8-4-3-7-9(10)5-1;2*1-2-4-6-5-3-1;2*1-5(2,3)4;2*1-2/h2*1-8H;2*1-6H;2*1-4H3;2*1-2H3. The van der Waals surface area contributed by atoms with Gasteiger partial charge in [0.2, 0.25) is 0 Å². The molecule has 248 valence electrons. The third kappa shape index (κ3) is 31.3. The number of hydrogen-bond donors (Lipinski definition) is 0. The minimum atomic E-state index is 0.500. The van der Waals surface area contributed by atoms with E-state index in [1.54, 1.807) is 0 Å². The van der Waals surface area contributed by atoms with Gasteiger partial charge in [0.15, 0.2) is 0 Å². The molecule has 0 aliphatic rings. The van der Waals surface area contributed by atoms with E-state index in [1.807, 2.05) is 100 Å². The van der Waals surface area contributed by atoms with Crippen LogP contribution >= 0.6 is 0 Å². The Labute approximate surface area is 284 Å². The molecule has 0 radical (unpaired) electrons. The molecule has 0 fully saturated rings. The molecule has 46 heavy (non-hydrogen) atoms. The fourth-order valence-electron chi connectivity index (χ4n) is 3.04. The van der Waals surface area contributed by atoms with Crippen LogP contribution in [0.25, 0.3) is 21.5 Å². The minimum Gasteiger partial charge on any atom is -0.0683 e. The summed E-state index contributed by atoms with van der Waals surface area (Å²) in [6, 6.07) is 57.4. The van der Waals surface area contributed by atoms with Gasteiger partial charge in [0.25, 0.3) is 0 Å². The fraction of sp³-hybridized carbons (Fsp3) is 0.304. The van der Waals surface area contributed by atoms with Gasteiger partial charge in [-0.05, 0) is 32.4 Å². The molecule has 0 bridgehead atoms. The maximum Gasteiger partial charge on any atom is -0.0184 e. The van der Waals surface area contributed by atoms with Gasteiger partial charge in [0.1, 0.15) is 0 Å². The van der Waals surface area contributed by atoms with E-state index in [0.29, 0.717) is 10.8 Å². The van der Waals surface area contributed by atoms with E-state index in [1.165, 1.54) is 21.5 Å². The zero-order chi connectivity index (χ0) is 35.1. The van der Waals surface area contributed by atoms with E-state index in [9.17, 15) is 0 Å². The Morgan fingerprint density at radius 2 is 0.304 bits per heavy atom. The third-order valence-corrected chi connectivity index (χ3v) is 4.65. The molecular formula is C46H64. The van der Waals surface area contributed by atoms with Gasteiger partial charge in [-0.1, -0.05) is 253 Å². The fourth-order valence-corrected chi connectivity index (χ4v) is 3.04. The van der Waals surface area contributed by atoms with Crippen LogP contribution in [0.15, 0.2) is 170 Å². The van der Waals surface area contributed by atoms with E-state index in [2.05, 4.69) is 152 Å². The lowest BCUT2D eigenvalue weighted by Crippen LogP contribution is -1.93. The van der Waals surface area contributed by atoms with Crippen molar-refractivity contribution in [3.8, 4) is 0 Å². The van der Waals surface area contributed by atoms with Crippen LogP contribution < -0.4 is 0 Å². The molecular weight excluding hydrogens is 553 g/mol. The molecule has 0 heteroatoms. The molecule has 0 aliphatic heterocycles. The number of fused-ring (bicyclic) bond motifs is 2. The molecule has 0 spiro atoms. The first-order valence-corrected chi connectivity index (χ1v) is 16.8. The first-order chi connectivity index (χ1) is 21.9. The number of hydrogen-bond acceptors (Lipinski definition) is 0. The summed E-state index contributed by atoms with van der Waals surface area (Å²) in [6.07, 6.45) is 0. The largest absolute Gasteiger partial charge is 0.0683 e. The summed E-state index contributed by atoms with van der Waals surface area (Å²) in [5.74, 6) is 0. The van der Waals surface area contributed by atoms with E-state index in [4.69, 9.17) is 0 Å². The molecule has 0 amide bonds. The van der Waals surface area contributed by atoms with Crippen LogP contribution in [-0.4, -0.2) is 0 Å². The topological polar surface area (TPSA) is 0 Å². The molecule has 0 nitrogen and oxygen atoms in total. The van der Waals surface area contributed by atoms with Crippen molar-refractivity contribution in [2.45, 2.75) is 83.1 Å². The number of rotatable bonds is 0. The summed E-state index contributed by atoms with van der Waals surface area (Å²) < 4.78 is 0. The molecule has 0 unspecified atom stereocenters. The molecule has 6 aromatic carbocycles. The summed E-state index contributed by atoms with van der Waals surface area (Å²) in [7, 11) is 0. The second kappa shape index (κ2) is 28.3. The SMILES string of the molecule is CC.CC.CC(C)(C)C.CC(C)(C)C.c1ccc2ccccc2c1.c1ccc2ccccc2c1.c1ccccc1.c1ccccc1. The van der Waals surface area contributed by atoms with Gasteiger partial charge in [0, 0.05) is 0 Å². The number of benzene rings is 6. The Morgan fingerprint density at radius 3 is 0.391 bits per heavy atom. The van der Waals surface area contributed by atoms with Gasteiger partial charge in [-0.15, -0.1) is 0 Å². The van der Waals surface area contributed by atoms with Gasteiger partial charge in [0.05, 0.1) is 0 Å². The van der Waals surface area contributed by atoms with E-state index in [0.717, 1.165) is 0 Å². The molecule has 0 N–H and O–H groups in total. The molecule has 0 heterocycles. The van der Waals surface area contributed by atoms with Gasteiger partial charge in [-0.25, -0.2) is 0 Å². The van der Waals surface area contributed by atoms with Crippen molar-refractivity contribution < 1.29 is 0 Å². The second-order valence-corrected chi connectivity index (χ2v) is 13.0. The van der Waals surface area contributed by atoms with Crippen LogP contribution in [0.4, 0.5) is 0 Å². The Balaban J connectivity index is 0. The summed E-state index contributed by atoms with van der Waals surface area (Å²) in [5, 5.41) is 5.24. The summed E-state index contributed by atoms with van der Waals surface area (Å²) in [4.78, 5) is 0. The average Bonchev–Trinajstić information content (AvgIpc) is 3.08. The van der Waals surface area contributed by atoms with Gasteiger partial charge < -0.3 is 0 Å². The highest BCUT2D eigenvalue weighted by Crippen LogP contribution is 2.12. The first-order valence-electron chi connectivity index (χ1n) is 16.8. The maximum absolute atomic E-state index is 2.19. The first kappa shape index (κ1) is 44.0. The van der Waals surface area contributed by atoms with Crippen LogP contribution in [0.3, 0.4) is 0 Å². The zero-order valence-electron chi connectivity index (χ0n) is 31.2. The van der Waals surface area contributed by atoms with Crippen molar-refractivity contribution in [2.75, 3.05) is 0 Å². The van der Waals surface area contributed by atoms with Crippen LogP contribution in [0.5, 0.6) is 0 Å². The smallest absolute Gasteiger partial charge is 0.0184 e. The van der Waals surface area contributed by atoms with E-state index in [-0.39, 0.29) is 0 Å². The van der Waals surface area contributed by atoms with Gasteiger partial charge in [-0.3, -0.25) is 0 Å². The zero-order valence-corrected chi connectivity index (χ0v) is 31.2. The summed E-state index contributed by atoms with van der Waals surface area (Å²) >= 11 is 0. The average molecular weight is 617 g/mol. The van der Waals surface area contributed by atoms with Crippen LogP contribution in [0, 0.1) is 10.8 Å². The molecule has 0 aliphatic carbocycles. The highest BCUT2D eigenvalue weighted by atomic mass is 14.0. The highest BCUT2D eigenvalue weighted by molar-refractivity contribution is 5.82. The quantitative estimate of drug-likeness (QED) is 0.159. The normalized spacial score (nSPS) is 9.30. The van der Waals surface area contributed by atoms with Crippen molar-refractivity contribution in [1.82, 2.24) is 0 Å². The molecule has 0 saturated carbocycles. The van der Waals surface area contributed by atoms with Gasteiger partial charge in [-0.2, -0.15) is 0 Å². The van der Waals surface area contributed by atoms with E-state index >= 15 is 0 Å². The minimum absolute atomic E-state index is 0.500. The molecule has 6 rings (SSSR count). The van der Waals surface area contributed by atoms with Crippen molar-refractivity contribution in [3.05, 3.63) is 170 Å². The van der Waals surface area contributed by atoms with Crippen molar-refractivity contribution in [2.24, 2.45) is 10.8 Å². The predicted molar refractivity (Wildman–Crippen MR) is 214 cm³/mol. The highest BCUT2D eigenvalue weighted by Gasteiger charge is 1.96. The molecule has 0 saturated heterocycles. The predicted octanol–water partition coefficient (Wildman–Crippen LogP) is 15.2. The molecule has 0 atom stereocenters. The molecule has 0 aromatic heterocycles. The Hall–Kier alpha value is -4.16. The van der Waals surface area contributed by atoms with Crippen LogP contribution in [0.2, 0.25) is 0 Å². The monoisotopic (exact) mass is 617 g/mol. The maximum atomic E-state index is 2.19. The Bertz CT molecular complexity index is 1130. The van der Waals surface area contributed by atoms with Crippen LogP contribution in [0.1, 0.15) is 83.1 Å². The summed E-state index contributed by atoms with van der Waals surface area (Å²) in [6.45, 7) is 25.5. The lowest BCUT2D eigenvalue weighted by molar-refractivity contribution is 0.469. The second-order valence-electron chi connectivity index (χ2n) is 13.0. The Morgan fingerprint density at radius 1 is 0.217 bits per heavy atom. The van der Waals surface area contributed by atoms with Crippen molar-refractivity contribution in [1.29, 1.82) is 0 Å².